The summed E-state index contributed by atoms with van der Waals surface area (Å²) in [4.78, 5) is 27.0. The quantitative estimate of drug-likeness (QED) is 0.891. The molecule has 5 nitrogen and oxygen atoms in total. The molecule has 3 heterocycles. The second-order valence-electron chi connectivity index (χ2n) is 6.84. The molecule has 132 valence electrons. The zero-order chi connectivity index (χ0) is 17.8. The number of carboxylic acids is 1. The average molecular weight is 363 g/mol. The van der Waals surface area contributed by atoms with Crippen LogP contribution in [0.25, 0.3) is 10.1 Å². The van der Waals surface area contributed by atoms with Crippen LogP contribution in [0.5, 0.6) is 0 Å². The molecule has 0 saturated carbocycles. The van der Waals surface area contributed by atoms with Crippen molar-refractivity contribution in [2.24, 2.45) is 11.3 Å². The van der Waals surface area contributed by atoms with Crippen LogP contribution < -0.4 is 0 Å². The average Bonchev–Trinajstić information content (AvgIpc) is 3.14. The van der Waals surface area contributed by atoms with Gasteiger partial charge in [-0.1, -0.05) is 6.07 Å². The molecule has 0 bridgehead atoms. The van der Waals surface area contributed by atoms with Crippen molar-refractivity contribution in [3.63, 3.8) is 0 Å². The smallest absolute Gasteiger partial charge is 0.311 e. The summed E-state index contributed by atoms with van der Waals surface area (Å²) < 4.78 is 20.3. The van der Waals surface area contributed by atoms with Crippen molar-refractivity contribution in [1.29, 1.82) is 0 Å². The lowest BCUT2D eigenvalue weighted by atomic mass is 9.74. The standard InChI is InChI=1S/C18H18FNO4S/c1-10-14-12(19)3-2-4-13(14)25-15(10)16(21)20-7-11-8-24-6-5-18(11,9-20)17(22)23/h2-4,11H,5-9H2,1H3,(H,22,23)/t11-,18+/m0/s1. The molecule has 0 unspecified atom stereocenters. The van der Waals surface area contributed by atoms with Crippen molar-refractivity contribution in [2.75, 3.05) is 26.3 Å². The Bertz CT molecular complexity index is 879. The van der Waals surface area contributed by atoms with E-state index in [2.05, 4.69) is 0 Å². The highest BCUT2D eigenvalue weighted by Gasteiger charge is 2.55. The van der Waals surface area contributed by atoms with Crippen LogP contribution >= 0.6 is 11.3 Å². The first kappa shape index (κ1) is 16.5. The van der Waals surface area contributed by atoms with E-state index in [-0.39, 0.29) is 24.2 Å². The molecule has 2 saturated heterocycles. The summed E-state index contributed by atoms with van der Waals surface area (Å²) in [5.74, 6) is -1.62. The predicted molar refractivity (Wildman–Crippen MR) is 91.4 cm³/mol. The van der Waals surface area contributed by atoms with Crippen LogP contribution in [0.2, 0.25) is 0 Å². The van der Waals surface area contributed by atoms with E-state index in [1.165, 1.54) is 17.4 Å². The van der Waals surface area contributed by atoms with Gasteiger partial charge in [0.25, 0.3) is 5.91 Å². The third-order valence-corrected chi connectivity index (χ3v) is 6.76. The second kappa shape index (κ2) is 5.78. The summed E-state index contributed by atoms with van der Waals surface area (Å²) in [6.45, 7) is 3.05. The maximum absolute atomic E-state index is 14.1. The lowest BCUT2D eigenvalue weighted by molar-refractivity contribution is -0.157. The molecule has 25 heavy (non-hydrogen) atoms. The third-order valence-electron chi connectivity index (χ3n) is 5.52. The van der Waals surface area contributed by atoms with Crippen LogP contribution in [0.4, 0.5) is 4.39 Å². The molecule has 0 spiro atoms. The van der Waals surface area contributed by atoms with Crippen molar-refractivity contribution in [2.45, 2.75) is 13.3 Å². The van der Waals surface area contributed by atoms with Gasteiger partial charge in [0.05, 0.1) is 16.9 Å². The number of rotatable bonds is 2. The molecule has 2 atom stereocenters. The van der Waals surface area contributed by atoms with Gasteiger partial charge in [0, 0.05) is 35.7 Å². The highest BCUT2D eigenvalue weighted by atomic mass is 32.1. The molecule has 2 aliphatic heterocycles. The number of hydrogen-bond acceptors (Lipinski definition) is 4. The Morgan fingerprint density at radius 2 is 2.24 bits per heavy atom. The fourth-order valence-electron chi connectivity index (χ4n) is 4.06. The number of likely N-dealkylation sites (tertiary alicyclic amines) is 1. The minimum absolute atomic E-state index is 0.186. The number of thiophene rings is 1. The number of carbonyl (C=O) groups is 2. The van der Waals surface area contributed by atoms with Gasteiger partial charge in [0.1, 0.15) is 5.82 Å². The van der Waals surface area contributed by atoms with Crippen LogP contribution in [-0.4, -0.2) is 48.2 Å². The van der Waals surface area contributed by atoms with Gasteiger partial charge < -0.3 is 14.7 Å². The molecule has 1 aromatic heterocycles. The van der Waals surface area contributed by atoms with Crippen molar-refractivity contribution in [3.8, 4) is 0 Å². The predicted octanol–water partition coefficient (Wildman–Crippen LogP) is 2.91. The molecule has 2 aromatic rings. The summed E-state index contributed by atoms with van der Waals surface area (Å²) in [5, 5.41) is 10.2. The second-order valence-corrected chi connectivity index (χ2v) is 7.89. The number of nitrogens with zero attached hydrogens (tertiary/aromatic N) is 1. The fraction of sp³-hybridized carbons (Fsp3) is 0.444. The van der Waals surface area contributed by atoms with E-state index in [9.17, 15) is 19.1 Å². The van der Waals surface area contributed by atoms with Gasteiger partial charge >= 0.3 is 5.97 Å². The Balaban J connectivity index is 1.70. The molecular weight excluding hydrogens is 345 g/mol. The number of carbonyl (C=O) groups excluding carboxylic acids is 1. The first-order chi connectivity index (χ1) is 11.9. The summed E-state index contributed by atoms with van der Waals surface area (Å²) in [6.07, 6.45) is 0.413. The van der Waals surface area contributed by atoms with Gasteiger partial charge in [-0.3, -0.25) is 9.59 Å². The van der Waals surface area contributed by atoms with Crippen LogP contribution in [0.1, 0.15) is 21.7 Å². The largest absolute Gasteiger partial charge is 0.481 e. The van der Waals surface area contributed by atoms with Crippen molar-refractivity contribution in [3.05, 3.63) is 34.5 Å². The van der Waals surface area contributed by atoms with E-state index >= 15 is 0 Å². The lowest BCUT2D eigenvalue weighted by Gasteiger charge is -2.33. The van der Waals surface area contributed by atoms with Gasteiger partial charge in [-0.15, -0.1) is 11.3 Å². The van der Waals surface area contributed by atoms with E-state index in [0.29, 0.717) is 42.0 Å². The maximum atomic E-state index is 14.1. The monoisotopic (exact) mass is 363 g/mol. The minimum atomic E-state index is -0.927. The third kappa shape index (κ3) is 2.37. The van der Waals surface area contributed by atoms with Crippen LogP contribution in [0.15, 0.2) is 18.2 Å². The molecular formula is C18H18FNO4S. The van der Waals surface area contributed by atoms with Crippen molar-refractivity contribution < 1.29 is 23.8 Å². The number of aryl methyl sites for hydroxylation is 1. The number of halogens is 1. The molecule has 4 rings (SSSR count). The Kier molecular flexibility index (Phi) is 3.81. The summed E-state index contributed by atoms with van der Waals surface area (Å²) in [7, 11) is 0. The van der Waals surface area contributed by atoms with E-state index in [0.717, 1.165) is 4.70 Å². The van der Waals surface area contributed by atoms with Crippen LogP contribution in [-0.2, 0) is 9.53 Å². The first-order valence-corrected chi connectivity index (χ1v) is 9.04. The molecule has 0 radical (unpaired) electrons. The van der Waals surface area contributed by atoms with Gasteiger partial charge in [-0.25, -0.2) is 4.39 Å². The Labute approximate surface area is 148 Å². The zero-order valence-electron chi connectivity index (χ0n) is 13.8. The van der Waals surface area contributed by atoms with Crippen LogP contribution in [0, 0.1) is 24.1 Å². The van der Waals surface area contributed by atoms with Crippen molar-refractivity contribution in [1.82, 2.24) is 4.90 Å². The van der Waals surface area contributed by atoms with Gasteiger partial charge in [0.2, 0.25) is 0 Å². The number of amides is 1. The number of ether oxygens (including phenoxy) is 1. The lowest BCUT2D eigenvalue weighted by Crippen LogP contribution is -2.45. The van der Waals surface area contributed by atoms with Gasteiger partial charge in [-0.2, -0.15) is 0 Å². The number of hydrogen-bond donors (Lipinski definition) is 1. The summed E-state index contributed by atoms with van der Waals surface area (Å²) in [6, 6.07) is 4.81. The Morgan fingerprint density at radius 1 is 1.44 bits per heavy atom. The molecule has 0 aliphatic carbocycles. The minimum Gasteiger partial charge on any atom is -0.481 e. The Hall–Kier alpha value is -1.99. The first-order valence-electron chi connectivity index (χ1n) is 8.22. The number of fused-ring (bicyclic) bond motifs is 2. The molecule has 1 aromatic carbocycles. The normalized spacial score (nSPS) is 26.0. The summed E-state index contributed by atoms with van der Waals surface area (Å²) >= 11 is 1.26. The topological polar surface area (TPSA) is 66.8 Å². The number of benzene rings is 1. The zero-order valence-corrected chi connectivity index (χ0v) is 14.6. The van der Waals surface area contributed by atoms with Gasteiger partial charge in [-0.05, 0) is 31.0 Å². The summed E-state index contributed by atoms with van der Waals surface area (Å²) in [5.41, 5.74) is -0.303. The van der Waals surface area contributed by atoms with E-state index in [1.54, 1.807) is 24.0 Å². The SMILES string of the molecule is Cc1c(C(=O)N2C[C@H]3COCC[C@@]3(C(=O)O)C2)sc2cccc(F)c12. The fourth-order valence-corrected chi connectivity index (χ4v) is 5.25. The van der Waals surface area contributed by atoms with E-state index in [1.807, 2.05) is 0 Å². The molecule has 7 heteroatoms. The van der Waals surface area contributed by atoms with Gasteiger partial charge in [0.15, 0.2) is 0 Å². The molecule has 1 N–H and O–H groups in total. The number of aliphatic carboxylic acids is 1. The van der Waals surface area contributed by atoms with Crippen molar-refractivity contribution >= 4 is 33.3 Å². The Morgan fingerprint density at radius 3 is 2.92 bits per heavy atom. The van der Waals surface area contributed by atoms with Crippen LogP contribution in [0.3, 0.4) is 0 Å². The maximum Gasteiger partial charge on any atom is 0.311 e. The highest BCUT2D eigenvalue weighted by molar-refractivity contribution is 7.21. The number of carboxylic acid groups (broad SMARTS) is 1. The van der Waals surface area contributed by atoms with E-state index < -0.39 is 11.4 Å². The molecule has 2 aliphatic rings. The molecule has 1 amide bonds. The molecule has 2 fully saturated rings. The highest BCUT2D eigenvalue weighted by Crippen LogP contribution is 2.44. The van der Waals surface area contributed by atoms with E-state index in [4.69, 9.17) is 4.74 Å².